The summed E-state index contributed by atoms with van der Waals surface area (Å²) in [5.41, 5.74) is 6.60. The SMILES string of the molecule is CCC(C)[C@H](NC(=O)NCc1cccc(C)c1)C(=O)N[C@]1(C(=O)NC(C(N)=S)[C@@H](C)CC)CCc2[nH]c3c(C(F)(F)F)cccc3c2C1. The van der Waals surface area contributed by atoms with E-state index in [2.05, 4.69) is 26.3 Å². The minimum Gasteiger partial charge on any atom is -0.392 e. The maximum absolute atomic E-state index is 14.3. The highest BCUT2D eigenvalue weighted by Crippen LogP contribution is 2.40. The average Bonchev–Trinajstić information content (AvgIpc) is 3.41. The molecule has 2 unspecified atom stereocenters. The Morgan fingerprint density at radius 3 is 2.31 bits per heavy atom. The number of benzene rings is 2. The number of halogens is 3. The molecule has 0 spiro atoms. The van der Waals surface area contributed by atoms with Crippen molar-refractivity contribution in [3.63, 3.8) is 0 Å². The number of aryl methyl sites for hydroxylation is 2. The fraction of sp³-hybridized carbons (Fsp3) is 0.486. The number of nitrogens with two attached hydrogens (primary N) is 1. The standard InChI is InChI=1S/C35H45F3N6O3S/c1-6-20(4)27(30(39)48)42-32(46)34(15-14-26-24(17-34)23-12-9-13-25(29(23)41-26)35(36,37)38)44-31(45)28(21(5)7-2)43-33(47)40-18-22-11-8-10-19(3)16-22/h8-13,16,20-21,27-28,41H,6-7,14-15,17-18H2,1-5H3,(H2,39,48)(H,42,46)(H,44,45)(H2,40,43,47)/t20-,21?,27?,28-,34+/m0/s1. The first kappa shape index (κ1) is 36.7. The van der Waals surface area contributed by atoms with E-state index in [-0.39, 0.29) is 48.1 Å². The van der Waals surface area contributed by atoms with Gasteiger partial charge in [0.05, 0.1) is 22.1 Å². The van der Waals surface area contributed by atoms with Gasteiger partial charge in [-0.15, -0.1) is 0 Å². The second-order valence-electron chi connectivity index (χ2n) is 13.0. The minimum absolute atomic E-state index is 0.0671. The molecule has 13 heteroatoms. The summed E-state index contributed by atoms with van der Waals surface area (Å²) in [6, 6.07) is 9.34. The van der Waals surface area contributed by atoms with Crippen molar-refractivity contribution >= 4 is 46.0 Å². The van der Waals surface area contributed by atoms with Crippen molar-refractivity contribution in [1.29, 1.82) is 0 Å². The number of hydrogen-bond donors (Lipinski definition) is 6. The highest BCUT2D eigenvalue weighted by atomic mass is 32.1. The Hall–Kier alpha value is -4.13. The first-order valence-electron chi connectivity index (χ1n) is 16.3. The van der Waals surface area contributed by atoms with E-state index >= 15 is 0 Å². The van der Waals surface area contributed by atoms with Crippen molar-refractivity contribution in [1.82, 2.24) is 26.3 Å². The molecule has 4 amide bonds. The molecule has 48 heavy (non-hydrogen) atoms. The van der Waals surface area contributed by atoms with Crippen LogP contribution in [0.4, 0.5) is 18.0 Å². The van der Waals surface area contributed by atoms with E-state index in [1.165, 1.54) is 6.07 Å². The summed E-state index contributed by atoms with van der Waals surface area (Å²) in [4.78, 5) is 44.6. The number of thiocarbonyl (C=S) groups is 1. The molecule has 4 rings (SSSR count). The van der Waals surface area contributed by atoms with Gasteiger partial charge in [-0.05, 0) is 48.8 Å². The quantitative estimate of drug-likeness (QED) is 0.138. The van der Waals surface area contributed by atoms with Gasteiger partial charge in [0.25, 0.3) is 0 Å². The first-order valence-corrected chi connectivity index (χ1v) is 16.7. The van der Waals surface area contributed by atoms with E-state index < -0.39 is 47.2 Å². The number of aromatic amines is 1. The molecule has 0 saturated carbocycles. The second kappa shape index (κ2) is 15.0. The summed E-state index contributed by atoms with van der Waals surface area (Å²) < 4.78 is 41.8. The molecule has 0 saturated heterocycles. The normalized spacial score (nSPS) is 18.6. The van der Waals surface area contributed by atoms with Gasteiger partial charge in [-0.1, -0.05) is 94.7 Å². The Labute approximate surface area is 284 Å². The van der Waals surface area contributed by atoms with Crippen molar-refractivity contribution in [2.75, 3.05) is 0 Å². The fourth-order valence-electron chi connectivity index (χ4n) is 6.29. The zero-order valence-electron chi connectivity index (χ0n) is 27.9. The van der Waals surface area contributed by atoms with Crippen molar-refractivity contribution in [2.45, 2.75) is 97.1 Å². The zero-order chi connectivity index (χ0) is 35.4. The number of carbonyl (C=O) groups excluding carboxylic acids is 3. The largest absolute Gasteiger partial charge is 0.418 e. The number of alkyl halides is 3. The number of H-pyrrole nitrogens is 1. The lowest BCUT2D eigenvalue weighted by Crippen LogP contribution is -2.67. The van der Waals surface area contributed by atoms with Crippen LogP contribution in [0.1, 0.15) is 74.9 Å². The molecule has 0 aliphatic heterocycles. The summed E-state index contributed by atoms with van der Waals surface area (Å²) in [6.45, 7) is 9.73. The highest BCUT2D eigenvalue weighted by molar-refractivity contribution is 7.80. The van der Waals surface area contributed by atoms with E-state index in [1.807, 2.05) is 58.9 Å². The first-order chi connectivity index (χ1) is 22.6. The summed E-state index contributed by atoms with van der Waals surface area (Å²) >= 11 is 5.28. The number of urea groups is 1. The Bertz CT molecular complexity index is 1670. The minimum atomic E-state index is -4.59. The van der Waals surface area contributed by atoms with Gasteiger partial charge in [0.15, 0.2) is 0 Å². The molecule has 260 valence electrons. The summed E-state index contributed by atoms with van der Waals surface area (Å²) in [5, 5.41) is 11.8. The van der Waals surface area contributed by atoms with Gasteiger partial charge in [-0.3, -0.25) is 9.59 Å². The van der Waals surface area contributed by atoms with Crippen LogP contribution in [0.5, 0.6) is 0 Å². The van der Waals surface area contributed by atoms with Crippen LogP contribution in [0.15, 0.2) is 42.5 Å². The zero-order valence-corrected chi connectivity index (χ0v) is 28.8. The summed E-state index contributed by atoms with van der Waals surface area (Å²) in [5.74, 6) is -1.57. The van der Waals surface area contributed by atoms with E-state index in [0.717, 1.165) is 17.2 Å². The molecule has 1 aliphatic carbocycles. The molecule has 1 heterocycles. The maximum atomic E-state index is 14.3. The van der Waals surface area contributed by atoms with Crippen LogP contribution in [0, 0.1) is 18.8 Å². The van der Waals surface area contributed by atoms with Crippen LogP contribution >= 0.6 is 12.2 Å². The number of fused-ring (bicyclic) bond motifs is 3. The number of rotatable bonds is 12. The number of carbonyl (C=O) groups is 3. The van der Waals surface area contributed by atoms with Crippen LogP contribution < -0.4 is 27.0 Å². The monoisotopic (exact) mass is 686 g/mol. The number of amides is 4. The van der Waals surface area contributed by atoms with Gasteiger partial charge in [0.2, 0.25) is 11.8 Å². The molecule has 1 aliphatic rings. The third-order valence-electron chi connectivity index (χ3n) is 9.54. The smallest absolute Gasteiger partial charge is 0.392 e. The van der Waals surface area contributed by atoms with E-state index in [0.29, 0.717) is 29.5 Å². The lowest BCUT2D eigenvalue weighted by atomic mass is 9.78. The fourth-order valence-corrected chi connectivity index (χ4v) is 6.58. The van der Waals surface area contributed by atoms with Gasteiger partial charge in [0, 0.05) is 24.0 Å². The predicted octanol–water partition coefficient (Wildman–Crippen LogP) is 5.57. The van der Waals surface area contributed by atoms with Gasteiger partial charge in [-0.25, -0.2) is 4.79 Å². The summed E-state index contributed by atoms with van der Waals surface area (Å²) in [7, 11) is 0. The van der Waals surface area contributed by atoms with Crippen molar-refractivity contribution in [3.05, 3.63) is 70.4 Å². The lowest BCUT2D eigenvalue weighted by Gasteiger charge is -2.40. The van der Waals surface area contributed by atoms with Gasteiger partial charge in [0.1, 0.15) is 11.6 Å². The molecular weight excluding hydrogens is 641 g/mol. The van der Waals surface area contributed by atoms with Crippen molar-refractivity contribution in [3.8, 4) is 0 Å². The lowest BCUT2D eigenvalue weighted by molar-refractivity contribution is -0.136. The third-order valence-corrected chi connectivity index (χ3v) is 9.79. The molecule has 5 atom stereocenters. The van der Waals surface area contributed by atoms with Crippen LogP contribution in [0.25, 0.3) is 10.9 Å². The predicted molar refractivity (Wildman–Crippen MR) is 184 cm³/mol. The van der Waals surface area contributed by atoms with Crippen LogP contribution in [0.3, 0.4) is 0 Å². The molecule has 0 bridgehead atoms. The van der Waals surface area contributed by atoms with Crippen molar-refractivity contribution < 1.29 is 27.6 Å². The topological polar surface area (TPSA) is 141 Å². The number of aromatic nitrogens is 1. The molecule has 0 fully saturated rings. The third kappa shape index (κ3) is 8.11. The van der Waals surface area contributed by atoms with E-state index in [4.69, 9.17) is 18.0 Å². The maximum Gasteiger partial charge on any atom is 0.418 e. The van der Waals surface area contributed by atoms with Crippen LogP contribution in [0.2, 0.25) is 0 Å². The molecule has 7 N–H and O–H groups in total. The average molecular weight is 687 g/mol. The molecule has 0 radical (unpaired) electrons. The van der Waals surface area contributed by atoms with Gasteiger partial charge >= 0.3 is 12.2 Å². The number of nitrogens with one attached hydrogen (secondary N) is 5. The molecular formula is C35H45F3N6O3S. The Morgan fingerprint density at radius 2 is 1.69 bits per heavy atom. The molecule has 1 aromatic heterocycles. The Kier molecular flexibility index (Phi) is 11.4. The van der Waals surface area contributed by atoms with Gasteiger partial charge < -0.3 is 32.0 Å². The van der Waals surface area contributed by atoms with Crippen LogP contribution in [-0.2, 0) is 35.2 Å². The summed E-state index contributed by atoms with van der Waals surface area (Å²) in [6.07, 6.45) is -3.20. The van der Waals surface area contributed by atoms with E-state index in [1.54, 1.807) is 6.07 Å². The Morgan fingerprint density at radius 1 is 1.02 bits per heavy atom. The number of para-hydroxylation sites is 1. The number of hydrogen-bond acceptors (Lipinski definition) is 4. The van der Waals surface area contributed by atoms with Crippen molar-refractivity contribution in [2.24, 2.45) is 17.6 Å². The second-order valence-corrected chi connectivity index (χ2v) is 13.4. The highest BCUT2D eigenvalue weighted by Gasteiger charge is 2.47. The van der Waals surface area contributed by atoms with E-state index in [9.17, 15) is 27.6 Å². The Balaban J connectivity index is 1.68. The molecule has 9 nitrogen and oxygen atoms in total. The van der Waals surface area contributed by atoms with Gasteiger partial charge in [-0.2, -0.15) is 13.2 Å². The molecule has 3 aromatic rings. The molecule has 2 aromatic carbocycles. The van der Waals surface area contributed by atoms with Crippen LogP contribution in [-0.4, -0.2) is 45.4 Å².